The second kappa shape index (κ2) is 3.01. The standard InChI is InChI=1S/C5H10O2.Mg.2H/c1-5(2)6-3-4-7-5;;;/h3-4H2,1-2H3;;;. The minimum absolute atomic E-state index is 0. The van der Waals surface area contributed by atoms with Crippen molar-refractivity contribution in [2.45, 2.75) is 19.6 Å². The first kappa shape index (κ1) is 8.69. The molecular formula is C5H12MgO2. The first-order chi connectivity index (χ1) is 3.21. The average Bonchev–Trinajstić information content (AvgIpc) is 1.84. The van der Waals surface area contributed by atoms with Crippen molar-refractivity contribution < 1.29 is 9.47 Å². The average molecular weight is 128 g/mol. The van der Waals surface area contributed by atoms with Gasteiger partial charge in [0.1, 0.15) is 0 Å². The van der Waals surface area contributed by atoms with E-state index in [4.69, 9.17) is 9.47 Å². The van der Waals surface area contributed by atoms with E-state index in [2.05, 4.69) is 0 Å². The third-order valence-corrected chi connectivity index (χ3v) is 0.983. The fraction of sp³-hybridized carbons (Fsp3) is 1.00. The van der Waals surface area contributed by atoms with Gasteiger partial charge in [-0.2, -0.15) is 0 Å². The van der Waals surface area contributed by atoms with E-state index in [1.807, 2.05) is 13.8 Å². The third-order valence-electron chi connectivity index (χ3n) is 0.983. The highest BCUT2D eigenvalue weighted by molar-refractivity contribution is 5.75. The quantitative estimate of drug-likeness (QED) is 0.423. The normalized spacial score (nSPS) is 24.8. The molecule has 0 spiro atoms. The van der Waals surface area contributed by atoms with E-state index < -0.39 is 0 Å². The molecule has 1 aliphatic rings. The van der Waals surface area contributed by atoms with Crippen LogP contribution in [0.15, 0.2) is 0 Å². The summed E-state index contributed by atoms with van der Waals surface area (Å²) in [7, 11) is 0. The fourth-order valence-electron chi connectivity index (χ4n) is 0.617. The fourth-order valence-corrected chi connectivity index (χ4v) is 0.617. The molecule has 0 aromatic carbocycles. The van der Waals surface area contributed by atoms with E-state index in [0.717, 1.165) is 13.2 Å². The van der Waals surface area contributed by atoms with Gasteiger partial charge < -0.3 is 9.47 Å². The Morgan fingerprint density at radius 1 is 1.12 bits per heavy atom. The van der Waals surface area contributed by atoms with Crippen LogP contribution in [0.2, 0.25) is 0 Å². The lowest BCUT2D eigenvalue weighted by Crippen LogP contribution is -2.18. The van der Waals surface area contributed by atoms with E-state index in [1.54, 1.807) is 0 Å². The summed E-state index contributed by atoms with van der Waals surface area (Å²) in [4.78, 5) is 0. The lowest BCUT2D eigenvalue weighted by molar-refractivity contribution is -0.125. The summed E-state index contributed by atoms with van der Waals surface area (Å²) >= 11 is 0. The maximum atomic E-state index is 5.12. The smallest absolute Gasteiger partial charge is 0.316 e. The molecule has 0 amide bonds. The van der Waals surface area contributed by atoms with Gasteiger partial charge in [-0.3, -0.25) is 0 Å². The van der Waals surface area contributed by atoms with Crippen LogP contribution in [0.1, 0.15) is 13.8 Å². The van der Waals surface area contributed by atoms with Crippen molar-refractivity contribution in [3.05, 3.63) is 0 Å². The zero-order chi connectivity index (χ0) is 5.33. The van der Waals surface area contributed by atoms with Gasteiger partial charge in [0.05, 0.1) is 13.2 Å². The maximum absolute atomic E-state index is 5.12. The van der Waals surface area contributed by atoms with Crippen molar-refractivity contribution in [3.8, 4) is 0 Å². The lowest BCUT2D eigenvalue weighted by Gasteiger charge is -2.13. The molecule has 1 saturated heterocycles. The predicted octanol–water partition coefficient (Wildman–Crippen LogP) is -0.147. The first-order valence-electron chi connectivity index (χ1n) is 2.49. The van der Waals surface area contributed by atoms with E-state index in [1.165, 1.54) is 0 Å². The lowest BCUT2D eigenvalue weighted by atomic mass is 10.4. The van der Waals surface area contributed by atoms with Crippen LogP contribution in [0.5, 0.6) is 0 Å². The van der Waals surface area contributed by atoms with E-state index >= 15 is 0 Å². The van der Waals surface area contributed by atoms with Crippen molar-refractivity contribution in [3.63, 3.8) is 0 Å². The second-order valence-electron chi connectivity index (χ2n) is 2.10. The SMILES string of the molecule is CC1(C)OCCO1.[MgH2]. The van der Waals surface area contributed by atoms with Gasteiger partial charge in [0, 0.05) is 0 Å². The number of hydrogen-bond acceptors (Lipinski definition) is 2. The number of rotatable bonds is 0. The van der Waals surface area contributed by atoms with Crippen LogP contribution in [0.25, 0.3) is 0 Å². The molecule has 1 fully saturated rings. The summed E-state index contributed by atoms with van der Waals surface area (Å²) < 4.78 is 10.2. The van der Waals surface area contributed by atoms with Crippen LogP contribution >= 0.6 is 0 Å². The van der Waals surface area contributed by atoms with Crippen LogP contribution in [0.4, 0.5) is 0 Å². The molecule has 0 atom stereocenters. The van der Waals surface area contributed by atoms with Gasteiger partial charge in [0.15, 0.2) is 5.79 Å². The molecule has 0 bridgehead atoms. The van der Waals surface area contributed by atoms with Gasteiger partial charge in [-0.25, -0.2) is 0 Å². The molecule has 0 unspecified atom stereocenters. The molecule has 1 rings (SSSR count). The zero-order valence-corrected chi connectivity index (χ0v) is 4.73. The zero-order valence-electron chi connectivity index (χ0n) is 4.73. The van der Waals surface area contributed by atoms with Gasteiger partial charge in [-0.05, 0) is 13.8 Å². The van der Waals surface area contributed by atoms with Crippen LogP contribution in [-0.4, -0.2) is 42.1 Å². The summed E-state index contributed by atoms with van der Waals surface area (Å²) in [5.41, 5.74) is 0. The van der Waals surface area contributed by atoms with Gasteiger partial charge >= 0.3 is 23.1 Å². The van der Waals surface area contributed by atoms with Gasteiger partial charge in [0.25, 0.3) is 0 Å². The summed E-state index contributed by atoms with van der Waals surface area (Å²) in [6.07, 6.45) is 0. The molecule has 3 heteroatoms. The van der Waals surface area contributed by atoms with Crippen molar-refractivity contribution in [2.75, 3.05) is 13.2 Å². The van der Waals surface area contributed by atoms with E-state index in [0.29, 0.717) is 0 Å². The summed E-state index contributed by atoms with van der Waals surface area (Å²) in [5.74, 6) is -0.306. The highest BCUT2D eigenvalue weighted by Gasteiger charge is 2.23. The molecule has 1 heterocycles. The Bertz CT molecular complexity index is 64.8. The molecule has 0 aromatic rings. The summed E-state index contributed by atoms with van der Waals surface area (Å²) in [6, 6.07) is 0. The maximum Gasteiger partial charge on any atom is 0.316 e. The Kier molecular flexibility index (Phi) is 3.27. The Hall–Kier alpha value is 0.686. The topological polar surface area (TPSA) is 18.5 Å². The van der Waals surface area contributed by atoms with Crippen molar-refractivity contribution in [1.82, 2.24) is 0 Å². The van der Waals surface area contributed by atoms with Crippen molar-refractivity contribution in [2.24, 2.45) is 0 Å². The molecule has 8 heavy (non-hydrogen) atoms. The Balaban J connectivity index is 0.000000490. The molecule has 2 nitrogen and oxygen atoms in total. The molecule has 1 aliphatic heterocycles. The van der Waals surface area contributed by atoms with Gasteiger partial charge in [0.2, 0.25) is 0 Å². The number of hydrogen-bond donors (Lipinski definition) is 0. The molecule has 0 radical (unpaired) electrons. The third kappa shape index (κ3) is 2.30. The Morgan fingerprint density at radius 3 is 1.62 bits per heavy atom. The van der Waals surface area contributed by atoms with E-state index in [-0.39, 0.29) is 28.8 Å². The minimum atomic E-state index is -0.306. The molecular weight excluding hydrogens is 116 g/mol. The first-order valence-corrected chi connectivity index (χ1v) is 2.49. The minimum Gasteiger partial charge on any atom is -0.348 e. The highest BCUT2D eigenvalue weighted by atomic mass is 24.3. The molecule has 0 saturated carbocycles. The molecule has 46 valence electrons. The second-order valence-corrected chi connectivity index (χ2v) is 2.10. The summed E-state index contributed by atoms with van der Waals surface area (Å²) in [5, 5.41) is 0. The van der Waals surface area contributed by atoms with Crippen LogP contribution in [-0.2, 0) is 9.47 Å². The summed E-state index contributed by atoms with van der Waals surface area (Å²) in [6.45, 7) is 5.32. The monoisotopic (exact) mass is 128 g/mol. The van der Waals surface area contributed by atoms with Gasteiger partial charge in [-0.15, -0.1) is 0 Å². The van der Waals surface area contributed by atoms with Crippen LogP contribution in [0, 0.1) is 0 Å². The predicted molar refractivity (Wildman–Crippen MR) is 34.5 cm³/mol. The highest BCUT2D eigenvalue weighted by Crippen LogP contribution is 2.15. The molecule has 0 aromatic heterocycles. The van der Waals surface area contributed by atoms with Crippen molar-refractivity contribution >= 4 is 23.1 Å². The molecule has 0 N–H and O–H groups in total. The van der Waals surface area contributed by atoms with Gasteiger partial charge in [-0.1, -0.05) is 0 Å². The Morgan fingerprint density at radius 2 is 1.50 bits per heavy atom. The largest absolute Gasteiger partial charge is 0.348 e. The Labute approximate surface area is 65.7 Å². The van der Waals surface area contributed by atoms with E-state index in [9.17, 15) is 0 Å². The number of ether oxygens (including phenoxy) is 2. The van der Waals surface area contributed by atoms with Crippen molar-refractivity contribution in [1.29, 1.82) is 0 Å². The molecule has 0 aliphatic carbocycles. The van der Waals surface area contributed by atoms with Crippen LogP contribution in [0.3, 0.4) is 0 Å². The van der Waals surface area contributed by atoms with Crippen LogP contribution < -0.4 is 0 Å².